The Morgan fingerprint density at radius 2 is 1.89 bits per heavy atom. The first kappa shape index (κ1) is 14.2. The normalized spacial score (nSPS) is 21.3. The lowest BCUT2D eigenvalue weighted by atomic mass is 9.93. The predicted molar refractivity (Wildman–Crippen MR) is 61.2 cm³/mol. The molecular formula is C13H14F5N. The van der Waals surface area contributed by atoms with E-state index < -0.39 is 18.2 Å². The van der Waals surface area contributed by atoms with Gasteiger partial charge in [-0.3, -0.25) is 4.90 Å². The van der Waals surface area contributed by atoms with Crippen molar-refractivity contribution in [2.45, 2.75) is 24.9 Å². The molecule has 0 saturated carbocycles. The highest BCUT2D eigenvalue weighted by Crippen LogP contribution is 2.38. The number of rotatable bonds is 3. The molecule has 1 atom stereocenters. The molecule has 6 heteroatoms. The van der Waals surface area contributed by atoms with Gasteiger partial charge < -0.3 is 0 Å². The molecule has 1 heterocycles. The number of likely N-dealkylation sites (tertiary alicyclic amines) is 1. The zero-order valence-corrected chi connectivity index (χ0v) is 10.1. The first-order valence-corrected chi connectivity index (χ1v) is 6.04. The third kappa shape index (κ3) is 3.43. The number of hydrogen-bond acceptors (Lipinski definition) is 1. The third-order valence-electron chi connectivity index (χ3n) is 3.37. The summed E-state index contributed by atoms with van der Waals surface area (Å²) in [7, 11) is 0. The lowest BCUT2D eigenvalue weighted by Gasteiger charge is -2.18. The van der Waals surface area contributed by atoms with Gasteiger partial charge in [-0.25, -0.2) is 8.78 Å². The van der Waals surface area contributed by atoms with Crippen molar-refractivity contribution in [2.24, 2.45) is 0 Å². The molecule has 19 heavy (non-hydrogen) atoms. The molecule has 0 N–H and O–H groups in total. The Labute approximate surface area is 108 Å². The van der Waals surface area contributed by atoms with E-state index in [-0.39, 0.29) is 24.6 Å². The van der Waals surface area contributed by atoms with Crippen LogP contribution in [0.1, 0.15) is 23.5 Å². The Morgan fingerprint density at radius 3 is 2.53 bits per heavy atom. The molecule has 0 aromatic heterocycles. The summed E-state index contributed by atoms with van der Waals surface area (Å²) in [5.74, 6) is -0.323. The van der Waals surface area contributed by atoms with Gasteiger partial charge in [-0.2, -0.15) is 13.2 Å². The van der Waals surface area contributed by atoms with Crippen LogP contribution in [-0.2, 0) is 6.18 Å². The van der Waals surface area contributed by atoms with Crippen LogP contribution in [0.2, 0.25) is 0 Å². The Hall–Kier alpha value is -1.17. The number of halogens is 5. The van der Waals surface area contributed by atoms with Crippen molar-refractivity contribution in [1.29, 1.82) is 0 Å². The minimum absolute atomic E-state index is 0.215. The zero-order valence-electron chi connectivity index (χ0n) is 10.1. The number of nitrogens with zero attached hydrogens (tertiary/aromatic N) is 1. The van der Waals surface area contributed by atoms with Crippen molar-refractivity contribution in [1.82, 2.24) is 4.90 Å². The van der Waals surface area contributed by atoms with Gasteiger partial charge in [0.1, 0.15) is 0 Å². The van der Waals surface area contributed by atoms with Crippen LogP contribution < -0.4 is 0 Å². The van der Waals surface area contributed by atoms with E-state index in [2.05, 4.69) is 0 Å². The van der Waals surface area contributed by atoms with Gasteiger partial charge in [0.15, 0.2) is 0 Å². The van der Waals surface area contributed by atoms with Gasteiger partial charge in [-0.15, -0.1) is 0 Å². The van der Waals surface area contributed by atoms with Crippen LogP contribution in [0.3, 0.4) is 0 Å². The van der Waals surface area contributed by atoms with Gasteiger partial charge in [0.05, 0.1) is 12.1 Å². The molecule has 1 aromatic carbocycles. The van der Waals surface area contributed by atoms with E-state index in [0.717, 1.165) is 6.07 Å². The zero-order chi connectivity index (χ0) is 14.0. The summed E-state index contributed by atoms with van der Waals surface area (Å²) < 4.78 is 63.2. The van der Waals surface area contributed by atoms with E-state index in [1.165, 1.54) is 17.0 Å². The summed E-state index contributed by atoms with van der Waals surface area (Å²) in [4.78, 5) is 1.52. The minimum atomic E-state index is -4.40. The molecule has 2 rings (SSSR count). The molecule has 1 aromatic rings. The second-order valence-corrected chi connectivity index (χ2v) is 4.72. The topological polar surface area (TPSA) is 3.24 Å². The predicted octanol–water partition coefficient (Wildman–Crippen LogP) is 3.76. The molecule has 0 aliphatic carbocycles. The Morgan fingerprint density at radius 1 is 1.21 bits per heavy atom. The van der Waals surface area contributed by atoms with Crippen molar-refractivity contribution in [3.8, 4) is 0 Å². The second-order valence-electron chi connectivity index (χ2n) is 4.72. The minimum Gasteiger partial charge on any atom is -0.297 e. The molecule has 106 valence electrons. The fraction of sp³-hybridized carbons (Fsp3) is 0.538. The van der Waals surface area contributed by atoms with E-state index in [1.54, 1.807) is 6.07 Å². The number of hydrogen-bond donors (Lipinski definition) is 0. The van der Waals surface area contributed by atoms with E-state index in [4.69, 9.17) is 0 Å². The van der Waals surface area contributed by atoms with Gasteiger partial charge in [-0.1, -0.05) is 18.2 Å². The van der Waals surface area contributed by atoms with Gasteiger partial charge in [0.2, 0.25) is 0 Å². The fourth-order valence-corrected chi connectivity index (χ4v) is 2.56. The maximum Gasteiger partial charge on any atom is 0.416 e. The van der Waals surface area contributed by atoms with Crippen LogP contribution in [0.4, 0.5) is 22.0 Å². The lowest BCUT2D eigenvalue weighted by Crippen LogP contribution is -2.26. The molecular weight excluding hydrogens is 265 g/mol. The average Bonchev–Trinajstić information content (AvgIpc) is 2.75. The Kier molecular flexibility index (Phi) is 4.08. The molecule has 1 unspecified atom stereocenters. The van der Waals surface area contributed by atoms with Crippen LogP contribution in [0.15, 0.2) is 24.3 Å². The van der Waals surface area contributed by atoms with Gasteiger partial charge in [0.25, 0.3) is 6.43 Å². The van der Waals surface area contributed by atoms with Crippen LogP contribution >= 0.6 is 0 Å². The van der Waals surface area contributed by atoms with E-state index in [9.17, 15) is 22.0 Å². The SMILES string of the molecule is FC(F)CN1CCC(c2ccccc2C(F)(F)F)C1. The first-order chi connectivity index (χ1) is 8.88. The van der Waals surface area contributed by atoms with Crippen molar-refractivity contribution in [3.63, 3.8) is 0 Å². The lowest BCUT2D eigenvalue weighted by molar-refractivity contribution is -0.138. The maximum atomic E-state index is 12.9. The highest BCUT2D eigenvalue weighted by molar-refractivity contribution is 5.33. The molecule has 1 nitrogen and oxygen atoms in total. The van der Waals surface area contributed by atoms with Gasteiger partial charge in [-0.05, 0) is 30.5 Å². The molecule has 0 radical (unpaired) electrons. The summed E-state index contributed by atoms with van der Waals surface area (Å²) >= 11 is 0. The quantitative estimate of drug-likeness (QED) is 0.761. The molecule has 1 fully saturated rings. The van der Waals surface area contributed by atoms with Crippen LogP contribution in [0.5, 0.6) is 0 Å². The smallest absolute Gasteiger partial charge is 0.297 e. The molecule has 0 spiro atoms. The molecule has 0 amide bonds. The highest BCUT2D eigenvalue weighted by atomic mass is 19.4. The fourth-order valence-electron chi connectivity index (χ4n) is 2.56. The van der Waals surface area contributed by atoms with E-state index >= 15 is 0 Å². The molecule has 1 aliphatic heterocycles. The Balaban J connectivity index is 2.16. The van der Waals surface area contributed by atoms with Crippen molar-refractivity contribution in [3.05, 3.63) is 35.4 Å². The molecule has 1 aliphatic rings. The van der Waals surface area contributed by atoms with E-state index in [0.29, 0.717) is 13.0 Å². The largest absolute Gasteiger partial charge is 0.416 e. The standard InChI is InChI=1S/C13H14F5N/c14-12(15)8-19-6-5-9(7-19)10-3-1-2-4-11(10)13(16,17)18/h1-4,9,12H,5-8H2. The molecule has 0 bridgehead atoms. The van der Waals surface area contributed by atoms with Crippen LogP contribution in [-0.4, -0.2) is 31.0 Å². The summed E-state index contributed by atoms with van der Waals surface area (Å²) in [5.41, 5.74) is -0.439. The van der Waals surface area contributed by atoms with Crippen molar-refractivity contribution < 1.29 is 22.0 Å². The number of benzene rings is 1. The summed E-state index contributed by atoms with van der Waals surface area (Å²) in [5, 5.41) is 0. The van der Waals surface area contributed by atoms with Crippen LogP contribution in [0.25, 0.3) is 0 Å². The van der Waals surface area contributed by atoms with Crippen LogP contribution in [0, 0.1) is 0 Å². The average molecular weight is 279 g/mol. The van der Waals surface area contributed by atoms with Gasteiger partial charge in [0, 0.05) is 6.54 Å². The monoisotopic (exact) mass is 279 g/mol. The molecule has 1 saturated heterocycles. The van der Waals surface area contributed by atoms with Crippen molar-refractivity contribution in [2.75, 3.05) is 19.6 Å². The summed E-state index contributed by atoms with van der Waals surface area (Å²) in [6, 6.07) is 5.39. The summed E-state index contributed by atoms with van der Waals surface area (Å²) in [6.45, 7) is 0.309. The Bertz CT molecular complexity index is 429. The maximum absolute atomic E-state index is 12.9. The van der Waals surface area contributed by atoms with Crippen molar-refractivity contribution >= 4 is 0 Å². The third-order valence-corrected chi connectivity index (χ3v) is 3.37. The van der Waals surface area contributed by atoms with Gasteiger partial charge >= 0.3 is 6.18 Å². The second kappa shape index (κ2) is 5.45. The summed E-state index contributed by atoms with van der Waals surface area (Å²) in [6.07, 6.45) is -6.36. The van der Waals surface area contributed by atoms with E-state index in [1.807, 2.05) is 0 Å². The first-order valence-electron chi connectivity index (χ1n) is 6.04. The number of alkyl halides is 5. The highest BCUT2D eigenvalue weighted by Gasteiger charge is 2.36.